The smallest absolute Gasteiger partial charge is 0.328 e. The first-order valence-corrected chi connectivity index (χ1v) is 9.82. The van der Waals surface area contributed by atoms with Crippen molar-refractivity contribution < 1.29 is 14.3 Å². The van der Waals surface area contributed by atoms with Crippen molar-refractivity contribution in [2.24, 2.45) is 0 Å². The van der Waals surface area contributed by atoms with Crippen molar-refractivity contribution in [2.45, 2.75) is 44.6 Å². The second-order valence-corrected chi connectivity index (χ2v) is 7.25. The Hall–Kier alpha value is -2.34. The van der Waals surface area contributed by atoms with Crippen LogP contribution in [0.1, 0.15) is 37.7 Å². The van der Waals surface area contributed by atoms with Crippen molar-refractivity contribution in [1.82, 2.24) is 15.2 Å². The molecule has 3 rings (SSSR count). The Kier molecular flexibility index (Phi) is 6.87. The maximum atomic E-state index is 12.6. The van der Waals surface area contributed by atoms with Gasteiger partial charge >= 0.3 is 5.97 Å². The van der Waals surface area contributed by atoms with Crippen LogP contribution in [-0.4, -0.2) is 54.5 Å². The number of methoxy groups -OCH3 is 1. The van der Waals surface area contributed by atoms with Gasteiger partial charge in [0.05, 0.1) is 13.7 Å². The highest BCUT2D eigenvalue weighted by molar-refractivity contribution is 5.87. The Morgan fingerprint density at radius 1 is 1.15 bits per heavy atom. The number of nitrogens with one attached hydrogen (secondary N) is 2. The highest BCUT2D eigenvalue weighted by Gasteiger charge is 2.24. The first-order valence-electron chi connectivity index (χ1n) is 9.82. The van der Waals surface area contributed by atoms with Gasteiger partial charge in [-0.2, -0.15) is 0 Å². The summed E-state index contributed by atoms with van der Waals surface area (Å²) in [5, 5.41) is 3.94. The molecular formula is C21H29N3O3. The van der Waals surface area contributed by atoms with Crippen molar-refractivity contribution in [2.75, 3.05) is 26.7 Å². The van der Waals surface area contributed by atoms with Crippen molar-refractivity contribution in [1.29, 1.82) is 0 Å². The number of benzene rings is 1. The Morgan fingerprint density at radius 3 is 2.59 bits per heavy atom. The van der Waals surface area contributed by atoms with Crippen molar-refractivity contribution in [3.8, 4) is 0 Å². The van der Waals surface area contributed by atoms with Gasteiger partial charge in [0, 0.05) is 23.5 Å². The van der Waals surface area contributed by atoms with Crippen molar-refractivity contribution >= 4 is 22.8 Å². The third-order valence-corrected chi connectivity index (χ3v) is 5.24. The fourth-order valence-corrected chi connectivity index (χ4v) is 3.77. The van der Waals surface area contributed by atoms with Crippen LogP contribution in [0.4, 0.5) is 0 Å². The van der Waals surface area contributed by atoms with E-state index in [0.717, 1.165) is 42.4 Å². The van der Waals surface area contributed by atoms with E-state index in [1.54, 1.807) is 0 Å². The summed E-state index contributed by atoms with van der Waals surface area (Å²) < 4.78 is 4.92. The average Bonchev–Trinajstić information content (AvgIpc) is 3.06. The number of rotatable bonds is 6. The zero-order valence-corrected chi connectivity index (χ0v) is 16.0. The predicted octanol–water partition coefficient (Wildman–Crippen LogP) is 2.63. The zero-order valence-electron chi connectivity index (χ0n) is 16.0. The van der Waals surface area contributed by atoms with E-state index in [2.05, 4.69) is 15.2 Å². The first-order chi connectivity index (χ1) is 13.2. The van der Waals surface area contributed by atoms with Gasteiger partial charge in [-0.15, -0.1) is 0 Å². The van der Waals surface area contributed by atoms with Crippen LogP contribution >= 0.6 is 0 Å². The minimum atomic E-state index is -0.684. The number of fused-ring (bicyclic) bond motifs is 1. The molecule has 0 spiro atoms. The number of hydrogen-bond donors (Lipinski definition) is 2. The molecular weight excluding hydrogens is 342 g/mol. The quantitative estimate of drug-likeness (QED) is 0.766. The van der Waals surface area contributed by atoms with E-state index in [0.29, 0.717) is 13.0 Å². The van der Waals surface area contributed by atoms with Crippen LogP contribution in [0.3, 0.4) is 0 Å². The average molecular weight is 371 g/mol. The normalized spacial score (nSPS) is 17.1. The molecule has 1 aromatic carbocycles. The molecule has 1 amide bonds. The van der Waals surface area contributed by atoms with E-state index in [-0.39, 0.29) is 5.91 Å². The van der Waals surface area contributed by atoms with E-state index >= 15 is 0 Å². The number of amides is 1. The predicted molar refractivity (Wildman–Crippen MR) is 105 cm³/mol. The summed E-state index contributed by atoms with van der Waals surface area (Å²) in [5.74, 6) is -0.535. The molecule has 6 nitrogen and oxygen atoms in total. The lowest BCUT2D eigenvalue weighted by Gasteiger charge is -2.25. The maximum absolute atomic E-state index is 12.6. The number of ether oxygens (including phenoxy) is 1. The molecule has 2 aromatic rings. The highest BCUT2D eigenvalue weighted by Crippen LogP contribution is 2.19. The molecule has 0 aliphatic carbocycles. The summed E-state index contributed by atoms with van der Waals surface area (Å²) in [5.41, 5.74) is 2.01. The van der Waals surface area contributed by atoms with Crippen LogP contribution in [0, 0.1) is 0 Å². The van der Waals surface area contributed by atoms with Gasteiger partial charge in [-0.3, -0.25) is 9.69 Å². The molecule has 0 unspecified atom stereocenters. The number of esters is 1. The summed E-state index contributed by atoms with van der Waals surface area (Å²) in [6.07, 6.45) is 8.29. The molecule has 0 saturated carbocycles. The minimum absolute atomic E-state index is 0.120. The molecule has 6 heteroatoms. The zero-order chi connectivity index (χ0) is 19.1. The van der Waals surface area contributed by atoms with Gasteiger partial charge in [0.1, 0.15) is 6.04 Å². The minimum Gasteiger partial charge on any atom is -0.467 e. The molecule has 1 atom stereocenters. The third-order valence-electron chi connectivity index (χ3n) is 5.24. The molecule has 27 heavy (non-hydrogen) atoms. The van der Waals surface area contributed by atoms with E-state index < -0.39 is 12.0 Å². The van der Waals surface area contributed by atoms with Crippen molar-refractivity contribution in [3.63, 3.8) is 0 Å². The van der Waals surface area contributed by atoms with Gasteiger partial charge in [0.25, 0.3) is 0 Å². The van der Waals surface area contributed by atoms with Gasteiger partial charge < -0.3 is 15.0 Å². The molecule has 2 N–H and O–H groups in total. The highest BCUT2D eigenvalue weighted by atomic mass is 16.5. The molecule has 146 valence electrons. The number of hydrogen-bond acceptors (Lipinski definition) is 4. The lowest BCUT2D eigenvalue weighted by Crippen LogP contribution is -2.47. The first kappa shape index (κ1) is 19.4. The monoisotopic (exact) mass is 371 g/mol. The van der Waals surface area contributed by atoms with Crippen LogP contribution in [-0.2, 0) is 20.7 Å². The van der Waals surface area contributed by atoms with Crippen molar-refractivity contribution in [3.05, 3.63) is 36.0 Å². The number of carbonyl (C=O) groups is 2. The Bertz CT molecular complexity index is 763. The number of likely N-dealkylation sites (tertiary alicyclic amines) is 1. The number of aromatic amines is 1. The van der Waals surface area contributed by atoms with Gasteiger partial charge in [0.15, 0.2) is 0 Å². The molecule has 1 aromatic heterocycles. The van der Waals surface area contributed by atoms with E-state index in [1.807, 2.05) is 30.5 Å². The Balaban J connectivity index is 1.64. The SMILES string of the molecule is COC(=O)[C@H](Cc1c[nH]c2ccccc12)NC(=O)CN1CCCCCCC1. The maximum Gasteiger partial charge on any atom is 0.328 e. The summed E-state index contributed by atoms with van der Waals surface area (Å²) in [4.78, 5) is 30.2. The number of H-pyrrole nitrogens is 1. The second kappa shape index (κ2) is 9.55. The van der Waals surface area contributed by atoms with Gasteiger partial charge in [-0.05, 0) is 37.6 Å². The second-order valence-electron chi connectivity index (χ2n) is 7.25. The van der Waals surface area contributed by atoms with E-state index in [1.165, 1.54) is 26.4 Å². The lowest BCUT2D eigenvalue weighted by molar-refractivity contribution is -0.145. The summed E-state index contributed by atoms with van der Waals surface area (Å²) in [6.45, 7) is 2.22. The third kappa shape index (κ3) is 5.32. The van der Waals surface area contributed by atoms with Crippen LogP contribution in [0.15, 0.2) is 30.5 Å². The van der Waals surface area contributed by atoms with E-state index in [9.17, 15) is 9.59 Å². The molecule has 1 fully saturated rings. The fraction of sp³-hybridized carbons (Fsp3) is 0.524. The van der Waals surface area contributed by atoms with Gasteiger partial charge in [0.2, 0.25) is 5.91 Å². The molecule has 1 aliphatic rings. The Morgan fingerprint density at radius 2 is 1.85 bits per heavy atom. The Labute approximate surface area is 160 Å². The topological polar surface area (TPSA) is 74.4 Å². The van der Waals surface area contributed by atoms with Gasteiger partial charge in [-0.1, -0.05) is 37.5 Å². The number of carbonyl (C=O) groups excluding carboxylic acids is 2. The molecule has 0 radical (unpaired) electrons. The molecule has 0 bridgehead atoms. The van der Waals surface area contributed by atoms with Crippen LogP contribution in [0.25, 0.3) is 10.9 Å². The van der Waals surface area contributed by atoms with E-state index in [4.69, 9.17) is 4.74 Å². The fourth-order valence-electron chi connectivity index (χ4n) is 3.77. The van der Waals surface area contributed by atoms with Crippen LogP contribution < -0.4 is 5.32 Å². The molecule has 2 heterocycles. The largest absolute Gasteiger partial charge is 0.467 e. The molecule has 1 saturated heterocycles. The summed E-state index contributed by atoms with van der Waals surface area (Å²) in [7, 11) is 1.36. The summed E-state index contributed by atoms with van der Waals surface area (Å²) >= 11 is 0. The lowest BCUT2D eigenvalue weighted by atomic mass is 10.0. The molecule has 1 aliphatic heterocycles. The van der Waals surface area contributed by atoms with Crippen LogP contribution in [0.2, 0.25) is 0 Å². The van der Waals surface area contributed by atoms with Gasteiger partial charge in [-0.25, -0.2) is 4.79 Å². The number of nitrogens with zero attached hydrogens (tertiary/aromatic N) is 1. The van der Waals surface area contributed by atoms with Crippen LogP contribution in [0.5, 0.6) is 0 Å². The number of aromatic nitrogens is 1. The summed E-state index contributed by atoms with van der Waals surface area (Å²) in [6, 6.07) is 7.25. The number of para-hydroxylation sites is 1. The standard InChI is InChI=1S/C21H29N3O3/c1-27-21(26)19(13-16-14-22-18-10-6-5-9-17(16)18)23-20(25)15-24-11-7-3-2-4-8-12-24/h5-6,9-10,14,19,22H,2-4,7-8,11-13,15H2,1H3,(H,23,25)/t19-/m0/s1.